The van der Waals surface area contributed by atoms with Gasteiger partial charge in [0, 0.05) is 0 Å². The van der Waals surface area contributed by atoms with Gasteiger partial charge in [-0.1, -0.05) is 0 Å². The summed E-state index contributed by atoms with van der Waals surface area (Å²) >= 11 is 0. The molecular weight excluding hydrogens is 107 g/mol. The predicted octanol–water partition coefficient (Wildman–Crippen LogP) is 1.59. The van der Waals surface area contributed by atoms with Gasteiger partial charge in [0.15, 0.2) is 0 Å². The van der Waals surface area contributed by atoms with Crippen LogP contribution in [0.25, 0.3) is 0 Å². The molecule has 0 rings (SSSR count). The van der Waals surface area contributed by atoms with E-state index >= 15 is 0 Å². The summed E-state index contributed by atoms with van der Waals surface area (Å²) < 4.78 is 32.9. The molecule has 0 aliphatic rings. The number of alkyl halides is 3. The molecule has 1 nitrogen and oxygen atoms in total. The van der Waals surface area contributed by atoms with Gasteiger partial charge >= 0.3 is 6.18 Å². The maximum absolute atomic E-state index is 11.0. The number of hydrogen-bond acceptors (Lipinski definition) is 1. The molecule has 1 N–H and O–H groups in total. The van der Waals surface area contributed by atoms with E-state index in [1.54, 1.807) is 0 Å². The fraction of sp³-hybridized carbons (Fsp3) is 0.667. The molecule has 42 valence electrons. The molecule has 7 heavy (non-hydrogen) atoms. The molecule has 4 heteroatoms. The van der Waals surface area contributed by atoms with Crippen molar-refractivity contribution in [1.29, 1.82) is 5.41 Å². The van der Waals surface area contributed by atoms with Gasteiger partial charge in [0.05, 0.1) is 0 Å². The van der Waals surface area contributed by atoms with Crippen LogP contribution in [0.4, 0.5) is 13.2 Å². The van der Waals surface area contributed by atoms with E-state index in [1.807, 2.05) is 0 Å². The molecule has 0 saturated heterocycles. The maximum atomic E-state index is 11.0. The molecule has 0 aliphatic heterocycles. The third-order valence-corrected chi connectivity index (χ3v) is 0.425. The van der Waals surface area contributed by atoms with Gasteiger partial charge < -0.3 is 5.41 Å². The van der Waals surface area contributed by atoms with Crippen molar-refractivity contribution >= 4 is 5.71 Å². The zero-order chi connectivity index (χ0) is 6.08. The molecule has 0 aromatic rings. The quantitative estimate of drug-likeness (QED) is 0.459. The molecule has 0 fully saturated rings. The fourth-order valence-corrected chi connectivity index (χ4v) is 0. The smallest absolute Gasteiger partial charge is 0.301 e. The molecule has 0 radical (unpaired) electrons. The van der Waals surface area contributed by atoms with Gasteiger partial charge in [0.1, 0.15) is 5.71 Å². The van der Waals surface area contributed by atoms with Crippen LogP contribution in [0.5, 0.6) is 0 Å². The van der Waals surface area contributed by atoms with E-state index in [2.05, 4.69) is 0 Å². The lowest BCUT2D eigenvalue weighted by Gasteiger charge is -1.99. The minimum Gasteiger partial charge on any atom is -0.301 e. The second kappa shape index (κ2) is 1.52. The predicted molar refractivity (Wildman–Crippen MR) is 19.5 cm³/mol. The Morgan fingerprint density at radius 2 is 1.57 bits per heavy atom. The van der Waals surface area contributed by atoms with E-state index in [0.717, 1.165) is 0 Å². The van der Waals surface area contributed by atoms with Gasteiger partial charge in [0.25, 0.3) is 0 Å². The van der Waals surface area contributed by atoms with Crippen molar-refractivity contribution in [2.45, 2.75) is 13.1 Å². The van der Waals surface area contributed by atoms with Crippen molar-refractivity contribution in [3.8, 4) is 0 Å². The molecule has 0 heterocycles. The van der Waals surface area contributed by atoms with Crippen LogP contribution in [0.1, 0.15) is 6.92 Å². The number of rotatable bonds is 0. The second-order valence-corrected chi connectivity index (χ2v) is 1.12. The third-order valence-electron chi connectivity index (χ3n) is 0.425. The van der Waals surface area contributed by atoms with Crippen molar-refractivity contribution in [3.63, 3.8) is 0 Å². The lowest BCUT2D eigenvalue weighted by Crippen LogP contribution is -2.17. The summed E-state index contributed by atoms with van der Waals surface area (Å²) in [6, 6.07) is 0. The summed E-state index contributed by atoms with van der Waals surface area (Å²) in [5, 5.41) is 6.02. The van der Waals surface area contributed by atoms with E-state index in [1.165, 1.54) is 0 Å². The highest BCUT2D eigenvalue weighted by molar-refractivity contribution is 5.84. The van der Waals surface area contributed by atoms with E-state index in [-0.39, 0.29) is 0 Å². The first-order valence-electron chi connectivity index (χ1n) is 1.57. The largest absolute Gasteiger partial charge is 0.428 e. The van der Waals surface area contributed by atoms with Gasteiger partial charge in [-0.3, -0.25) is 0 Å². The number of hydrogen-bond donors (Lipinski definition) is 1. The minimum atomic E-state index is -4.42. The molecule has 0 aromatic heterocycles. The fourth-order valence-electron chi connectivity index (χ4n) is 0. The first kappa shape index (κ1) is 6.46. The zero-order valence-electron chi connectivity index (χ0n) is 3.63. The summed E-state index contributed by atoms with van der Waals surface area (Å²) in [4.78, 5) is 0. The summed E-state index contributed by atoms with van der Waals surface area (Å²) in [6.07, 6.45) is -4.42. The van der Waals surface area contributed by atoms with Gasteiger partial charge in [-0.05, 0) is 6.92 Å². The van der Waals surface area contributed by atoms with E-state index in [4.69, 9.17) is 5.41 Å². The number of halogens is 3. The van der Waals surface area contributed by atoms with Crippen molar-refractivity contribution in [3.05, 3.63) is 0 Å². The van der Waals surface area contributed by atoms with E-state index in [9.17, 15) is 13.2 Å². The lowest BCUT2D eigenvalue weighted by atomic mass is 10.4. The standard InChI is InChI=1S/C3H4F3N/c1-2(7)3(4,5)6/h7H,1H3. The maximum Gasteiger partial charge on any atom is 0.428 e. The van der Waals surface area contributed by atoms with Crippen molar-refractivity contribution < 1.29 is 13.2 Å². The first-order valence-corrected chi connectivity index (χ1v) is 1.57. The topological polar surface area (TPSA) is 23.9 Å². The summed E-state index contributed by atoms with van der Waals surface area (Å²) in [6.45, 7) is 0.708. The molecular formula is C3H4F3N. The van der Waals surface area contributed by atoms with Crippen LogP contribution >= 0.6 is 0 Å². The van der Waals surface area contributed by atoms with Crippen LogP contribution in [0.3, 0.4) is 0 Å². The lowest BCUT2D eigenvalue weighted by molar-refractivity contribution is -0.0599. The highest BCUT2D eigenvalue weighted by Crippen LogP contribution is 2.14. The zero-order valence-corrected chi connectivity index (χ0v) is 3.63. The van der Waals surface area contributed by atoms with Crippen LogP contribution in [0.2, 0.25) is 0 Å². The molecule has 0 bridgehead atoms. The van der Waals surface area contributed by atoms with Crippen molar-refractivity contribution in [2.75, 3.05) is 0 Å². The van der Waals surface area contributed by atoms with Gasteiger partial charge in [-0.15, -0.1) is 0 Å². The van der Waals surface area contributed by atoms with Crippen LogP contribution in [0, 0.1) is 5.41 Å². The van der Waals surface area contributed by atoms with Crippen LogP contribution in [0.15, 0.2) is 0 Å². The average molecular weight is 111 g/mol. The SMILES string of the molecule is CC(=N)C(F)(F)F. The van der Waals surface area contributed by atoms with Crippen molar-refractivity contribution in [1.82, 2.24) is 0 Å². The minimum absolute atomic E-state index is 0.708. The van der Waals surface area contributed by atoms with E-state index in [0.29, 0.717) is 6.92 Å². The molecule has 0 atom stereocenters. The third kappa shape index (κ3) is 2.19. The Labute approximate surface area is 38.7 Å². The molecule has 0 spiro atoms. The highest BCUT2D eigenvalue weighted by atomic mass is 19.4. The first-order chi connectivity index (χ1) is 2.94. The Bertz CT molecular complexity index is 82.7. The number of nitrogens with one attached hydrogen (secondary N) is 1. The van der Waals surface area contributed by atoms with Crippen LogP contribution in [-0.4, -0.2) is 11.9 Å². The highest BCUT2D eigenvalue weighted by Gasteiger charge is 2.29. The second-order valence-electron chi connectivity index (χ2n) is 1.12. The normalized spacial score (nSPS) is 11.4. The van der Waals surface area contributed by atoms with Gasteiger partial charge in [-0.2, -0.15) is 13.2 Å². The Kier molecular flexibility index (Phi) is 1.40. The Morgan fingerprint density at radius 3 is 1.57 bits per heavy atom. The van der Waals surface area contributed by atoms with E-state index < -0.39 is 11.9 Å². The van der Waals surface area contributed by atoms with Crippen LogP contribution < -0.4 is 0 Å². The van der Waals surface area contributed by atoms with Crippen LogP contribution in [-0.2, 0) is 0 Å². The van der Waals surface area contributed by atoms with Gasteiger partial charge in [0.2, 0.25) is 0 Å². The molecule has 0 saturated carbocycles. The van der Waals surface area contributed by atoms with Crippen molar-refractivity contribution in [2.24, 2.45) is 0 Å². The molecule has 0 aromatic carbocycles. The Hall–Kier alpha value is -0.540. The average Bonchev–Trinajstić information content (AvgIpc) is 1.31. The molecule has 0 unspecified atom stereocenters. The Balaban J connectivity index is 3.79. The Morgan fingerprint density at radius 1 is 1.43 bits per heavy atom. The monoisotopic (exact) mass is 111 g/mol. The summed E-state index contributed by atoms with van der Waals surface area (Å²) in [5.41, 5.74) is -1.26. The molecule has 0 amide bonds. The summed E-state index contributed by atoms with van der Waals surface area (Å²) in [7, 11) is 0. The van der Waals surface area contributed by atoms with Gasteiger partial charge in [-0.25, -0.2) is 0 Å². The summed E-state index contributed by atoms with van der Waals surface area (Å²) in [5.74, 6) is 0. The molecule has 0 aliphatic carbocycles.